The molecule has 7 nitrogen and oxygen atoms in total. The van der Waals surface area contributed by atoms with Crippen molar-refractivity contribution < 1.29 is 8.42 Å². The van der Waals surface area contributed by atoms with E-state index in [0.717, 1.165) is 18.7 Å². The second-order valence-corrected chi connectivity index (χ2v) is 7.61. The van der Waals surface area contributed by atoms with Crippen LogP contribution in [0.25, 0.3) is 5.69 Å². The molecule has 0 saturated heterocycles. The zero-order valence-corrected chi connectivity index (χ0v) is 14.2. The van der Waals surface area contributed by atoms with E-state index in [4.69, 9.17) is 0 Å². The molecule has 3 aromatic rings. The molecule has 25 heavy (non-hydrogen) atoms. The van der Waals surface area contributed by atoms with Crippen molar-refractivity contribution >= 4 is 10.0 Å². The van der Waals surface area contributed by atoms with E-state index in [1.54, 1.807) is 36.7 Å². The van der Waals surface area contributed by atoms with E-state index >= 15 is 0 Å². The summed E-state index contributed by atoms with van der Waals surface area (Å²) >= 11 is 0. The average Bonchev–Trinajstić information content (AvgIpc) is 3.31. The van der Waals surface area contributed by atoms with E-state index in [1.165, 1.54) is 15.9 Å². The summed E-state index contributed by atoms with van der Waals surface area (Å²) < 4.78 is 27.6. The van der Waals surface area contributed by atoms with Gasteiger partial charge in [0.15, 0.2) is 0 Å². The lowest BCUT2D eigenvalue weighted by molar-refractivity contribution is 0.581. The van der Waals surface area contributed by atoms with E-state index in [0.29, 0.717) is 5.69 Å². The van der Waals surface area contributed by atoms with Crippen molar-refractivity contribution in [3.05, 3.63) is 71.5 Å². The Balaban J connectivity index is 1.48. The monoisotopic (exact) mass is 355 g/mol. The van der Waals surface area contributed by atoms with Gasteiger partial charge < -0.3 is 5.32 Å². The molecule has 0 atom stereocenters. The van der Waals surface area contributed by atoms with Crippen LogP contribution in [0.4, 0.5) is 0 Å². The average molecular weight is 355 g/mol. The molecule has 2 N–H and O–H groups in total. The third-order valence-corrected chi connectivity index (χ3v) is 5.58. The van der Waals surface area contributed by atoms with Gasteiger partial charge in [0.05, 0.1) is 23.0 Å². The van der Waals surface area contributed by atoms with Crippen molar-refractivity contribution in [2.75, 3.05) is 0 Å². The highest BCUT2D eigenvalue weighted by Gasteiger charge is 2.15. The van der Waals surface area contributed by atoms with Gasteiger partial charge >= 0.3 is 0 Å². The lowest BCUT2D eigenvalue weighted by Gasteiger charge is -2.09. The lowest BCUT2D eigenvalue weighted by atomic mass is 10.1. The van der Waals surface area contributed by atoms with E-state index in [2.05, 4.69) is 20.2 Å². The zero-order chi connectivity index (χ0) is 17.3. The zero-order valence-electron chi connectivity index (χ0n) is 13.4. The topological polar surface area (TPSA) is 88.9 Å². The smallest absolute Gasteiger partial charge is 0.240 e. The molecule has 1 aliphatic heterocycles. The second-order valence-electron chi connectivity index (χ2n) is 5.84. The van der Waals surface area contributed by atoms with Crippen LogP contribution in [-0.4, -0.2) is 23.4 Å². The highest BCUT2D eigenvalue weighted by molar-refractivity contribution is 7.89. The van der Waals surface area contributed by atoms with Crippen LogP contribution < -0.4 is 10.0 Å². The van der Waals surface area contributed by atoms with Crippen molar-refractivity contribution in [1.82, 2.24) is 25.0 Å². The Morgan fingerprint density at radius 2 is 1.72 bits per heavy atom. The molecule has 0 fully saturated rings. The Kier molecular flexibility index (Phi) is 4.08. The number of aromatic nitrogens is 3. The lowest BCUT2D eigenvalue weighted by Crippen LogP contribution is -2.23. The number of nitrogens with zero attached hydrogens (tertiary/aromatic N) is 3. The van der Waals surface area contributed by atoms with Crippen molar-refractivity contribution in [2.24, 2.45) is 0 Å². The number of benzene rings is 2. The summed E-state index contributed by atoms with van der Waals surface area (Å²) in [5.41, 5.74) is 4.15. The van der Waals surface area contributed by atoms with Crippen molar-refractivity contribution in [2.45, 2.75) is 24.5 Å². The van der Waals surface area contributed by atoms with Crippen molar-refractivity contribution in [3.63, 3.8) is 0 Å². The summed E-state index contributed by atoms with van der Waals surface area (Å²) in [6, 6.07) is 12.5. The highest BCUT2D eigenvalue weighted by atomic mass is 32.2. The molecule has 2 aromatic carbocycles. The van der Waals surface area contributed by atoms with Gasteiger partial charge in [0, 0.05) is 19.6 Å². The van der Waals surface area contributed by atoms with Crippen LogP contribution in [0.2, 0.25) is 0 Å². The maximum atomic E-state index is 12.5. The molecule has 0 unspecified atom stereocenters. The van der Waals surface area contributed by atoms with Gasteiger partial charge in [0.1, 0.15) is 0 Å². The molecule has 2 heterocycles. The second kappa shape index (κ2) is 6.40. The van der Waals surface area contributed by atoms with Gasteiger partial charge in [-0.2, -0.15) is 15.0 Å². The number of hydrogen-bond acceptors (Lipinski definition) is 5. The predicted octanol–water partition coefficient (Wildman–Crippen LogP) is 1.35. The van der Waals surface area contributed by atoms with Crippen molar-refractivity contribution in [1.29, 1.82) is 0 Å². The number of rotatable bonds is 5. The van der Waals surface area contributed by atoms with Gasteiger partial charge in [-0.25, -0.2) is 13.1 Å². The quantitative estimate of drug-likeness (QED) is 0.721. The summed E-state index contributed by atoms with van der Waals surface area (Å²) in [6.07, 6.45) is 3.14. The summed E-state index contributed by atoms with van der Waals surface area (Å²) in [5.74, 6) is 0. The molecule has 1 aromatic heterocycles. The molecular formula is C17H17N5O2S. The molecule has 0 amide bonds. The van der Waals surface area contributed by atoms with Gasteiger partial charge in [-0.15, -0.1) is 0 Å². The molecule has 8 heteroatoms. The number of fused-ring (bicyclic) bond motifs is 1. The number of sulfonamides is 1. The third kappa shape index (κ3) is 3.32. The summed E-state index contributed by atoms with van der Waals surface area (Å²) in [6.45, 7) is 1.97. The Morgan fingerprint density at radius 1 is 1.00 bits per heavy atom. The molecule has 0 saturated carbocycles. The summed E-state index contributed by atoms with van der Waals surface area (Å²) in [4.78, 5) is 1.65. The van der Waals surface area contributed by atoms with Gasteiger partial charge in [0.25, 0.3) is 0 Å². The van der Waals surface area contributed by atoms with Crippen LogP contribution >= 0.6 is 0 Å². The normalized spacial score (nSPS) is 13.8. The van der Waals surface area contributed by atoms with Crippen LogP contribution in [0.15, 0.2) is 59.8 Å². The first-order chi connectivity index (χ1) is 12.1. The first-order valence-electron chi connectivity index (χ1n) is 7.90. The van der Waals surface area contributed by atoms with Crippen LogP contribution in [0.5, 0.6) is 0 Å². The highest BCUT2D eigenvalue weighted by Crippen LogP contribution is 2.18. The van der Waals surface area contributed by atoms with Crippen molar-refractivity contribution in [3.8, 4) is 5.69 Å². The predicted molar refractivity (Wildman–Crippen MR) is 92.4 cm³/mol. The molecular weight excluding hydrogens is 338 g/mol. The van der Waals surface area contributed by atoms with E-state index in [9.17, 15) is 8.42 Å². The molecule has 0 radical (unpaired) electrons. The minimum Gasteiger partial charge on any atom is -0.309 e. The van der Waals surface area contributed by atoms with Gasteiger partial charge in [-0.1, -0.05) is 18.2 Å². The number of nitrogens with one attached hydrogen (secondary N) is 2. The fraction of sp³-hybridized carbons (Fsp3) is 0.176. The Hall–Kier alpha value is -2.55. The first kappa shape index (κ1) is 15.9. The number of hydrogen-bond donors (Lipinski definition) is 2. The van der Waals surface area contributed by atoms with Crippen LogP contribution in [-0.2, 0) is 29.7 Å². The largest absolute Gasteiger partial charge is 0.309 e. The molecule has 0 aliphatic carbocycles. The fourth-order valence-corrected chi connectivity index (χ4v) is 3.85. The van der Waals surface area contributed by atoms with E-state index in [-0.39, 0.29) is 11.4 Å². The van der Waals surface area contributed by atoms with Gasteiger partial charge in [-0.05, 0) is 41.0 Å². The third-order valence-electron chi connectivity index (χ3n) is 4.16. The minimum atomic E-state index is -3.57. The maximum Gasteiger partial charge on any atom is 0.240 e. The maximum absolute atomic E-state index is 12.5. The van der Waals surface area contributed by atoms with Crippen LogP contribution in [0.3, 0.4) is 0 Å². The molecule has 128 valence electrons. The SMILES string of the molecule is O=S(=O)(NCc1ccc2c(c1)CNC2)c1ccc(-n2nccn2)cc1. The van der Waals surface area contributed by atoms with Gasteiger partial charge in [0.2, 0.25) is 10.0 Å². The summed E-state index contributed by atoms with van der Waals surface area (Å²) in [7, 11) is -3.57. The summed E-state index contributed by atoms with van der Waals surface area (Å²) in [5, 5.41) is 11.3. The standard InChI is InChI=1S/C17H17N5O2S/c23-25(24,17-5-3-16(4-6-17)22-19-7-8-20-22)21-10-13-1-2-14-11-18-12-15(14)9-13/h1-9,18,21H,10-12H2. The Bertz CT molecular complexity index is 982. The van der Waals surface area contributed by atoms with E-state index < -0.39 is 10.0 Å². The minimum absolute atomic E-state index is 0.214. The van der Waals surface area contributed by atoms with Gasteiger partial charge in [-0.3, -0.25) is 0 Å². The molecule has 1 aliphatic rings. The van der Waals surface area contributed by atoms with E-state index in [1.807, 2.05) is 18.2 Å². The molecule has 0 spiro atoms. The Labute approximate surface area is 145 Å². The Morgan fingerprint density at radius 3 is 2.48 bits per heavy atom. The molecule has 4 rings (SSSR count). The van der Waals surface area contributed by atoms with Crippen LogP contribution in [0, 0.1) is 0 Å². The van der Waals surface area contributed by atoms with Crippen LogP contribution in [0.1, 0.15) is 16.7 Å². The fourth-order valence-electron chi connectivity index (χ4n) is 2.83. The first-order valence-corrected chi connectivity index (χ1v) is 9.38. The molecule has 0 bridgehead atoms.